The van der Waals surface area contributed by atoms with E-state index in [4.69, 9.17) is 9.73 Å². The zero-order chi connectivity index (χ0) is 22.3. The second-order valence-corrected chi connectivity index (χ2v) is 8.80. The molecule has 6 nitrogen and oxygen atoms in total. The molecule has 1 atom stereocenters. The Balaban J connectivity index is 0.00000363. The molecule has 1 aliphatic heterocycles. The van der Waals surface area contributed by atoms with E-state index >= 15 is 0 Å². The van der Waals surface area contributed by atoms with E-state index < -0.39 is 0 Å². The zero-order valence-corrected chi connectivity index (χ0v) is 21.7. The van der Waals surface area contributed by atoms with E-state index in [0.29, 0.717) is 25.5 Å². The van der Waals surface area contributed by atoms with Crippen molar-refractivity contribution < 1.29 is 9.13 Å². The van der Waals surface area contributed by atoms with E-state index in [1.165, 1.54) is 6.07 Å². The highest BCUT2D eigenvalue weighted by molar-refractivity contribution is 14.0. The molecular formula is C24H35FIN5O. The molecule has 2 heterocycles. The summed E-state index contributed by atoms with van der Waals surface area (Å²) in [6.07, 6.45) is 2.53. The minimum atomic E-state index is -0.279. The Morgan fingerprint density at radius 2 is 2.03 bits per heavy atom. The zero-order valence-electron chi connectivity index (χ0n) is 19.4. The van der Waals surface area contributed by atoms with Crippen LogP contribution in [0.15, 0.2) is 47.6 Å². The summed E-state index contributed by atoms with van der Waals surface area (Å²) in [5.41, 5.74) is 2.11. The molecular weight excluding hydrogens is 520 g/mol. The minimum absolute atomic E-state index is 0. The minimum Gasteiger partial charge on any atom is -0.371 e. The standard InChI is InChI=1S/C24H34FN5O.HI/c1-5-26-23(28-15-18-8-6-9-19(14-18)17-31-24(2,3)4)29-20-11-13-30(16-20)22-21(25)10-7-12-27-22;/h6-10,12,14,20H,5,11,13,15-17H2,1-4H3,(H2,26,28,29);1H. The van der Waals surface area contributed by atoms with Gasteiger partial charge in [0.25, 0.3) is 0 Å². The molecule has 8 heteroatoms. The lowest BCUT2D eigenvalue weighted by Gasteiger charge is -2.20. The van der Waals surface area contributed by atoms with Crippen molar-refractivity contribution in [2.24, 2.45) is 4.99 Å². The van der Waals surface area contributed by atoms with Gasteiger partial charge in [0.1, 0.15) is 0 Å². The summed E-state index contributed by atoms with van der Waals surface area (Å²) in [4.78, 5) is 10.9. The second kappa shape index (κ2) is 12.3. The highest BCUT2D eigenvalue weighted by Gasteiger charge is 2.25. The molecule has 0 saturated carbocycles. The Morgan fingerprint density at radius 3 is 2.75 bits per heavy atom. The second-order valence-electron chi connectivity index (χ2n) is 8.80. The van der Waals surface area contributed by atoms with Crippen LogP contribution in [0.1, 0.15) is 45.2 Å². The predicted molar refractivity (Wildman–Crippen MR) is 139 cm³/mol. The number of ether oxygens (including phenoxy) is 1. The molecule has 0 aliphatic carbocycles. The number of benzene rings is 1. The third kappa shape index (κ3) is 8.20. The lowest BCUT2D eigenvalue weighted by molar-refractivity contribution is -0.0149. The van der Waals surface area contributed by atoms with Crippen molar-refractivity contribution >= 4 is 35.8 Å². The van der Waals surface area contributed by atoms with E-state index in [-0.39, 0.29) is 41.4 Å². The number of guanidine groups is 1. The molecule has 32 heavy (non-hydrogen) atoms. The normalized spacial score (nSPS) is 16.6. The van der Waals surface area contributed by atoms with E-state index in [9.17, 15) is 4.39 Å². The van der Waals surface area contributed by atoms with E-state index in [2.05, 4.69) is 54.6 Å². The number of pyridine rings is 1. The summed E-state index contributed by atoms with van der Waals surface area (Å²) in [5, 5.41) is 6.80. The van der Waals surface area contributed by atoms with Gasteiger partial charge in [0.05, 0.1) is 18.8 Å². The van der Waals surface area contributed by atoms with Crippen molar-refractivity contribution in [1.29, 1.82) is 0 Å². The average molecular weight is 555 g/mol. The Morgan fingerprint density at radius 1 is 1.25 bits per heavy atom. The third-order valence-electron chi connectivity index (χ3n) is 4.99. The number of hydrogen-bond acceptors (Lipinski definition) is 4. The van der Waals surface area contributed by atoms with Gasteiger partial charge in [-0.15, -0.1) is 24.0 Å². The fourth-order valence-corrected chi connectivity index (χ4v) is 3.48. The van der Waals surface area contributed by atoms with E-state index in [1.807, 2.05) is 17.9 Å². The highest BCUT2D eigenvalue weighted by Crippen LogP contribution is 2.20. The molecule has 2 N–H and O–H groups in total. The number of anilines is 1. The van der Waals surface area contributed by atoms with Crippen LogP contribution < -0.4 is 15.5 Å². The molecule has 0 bridgehead atoms. The summed E-state index contributed by atoms with van der Waals surface area (Å²) >= 11 is 0. The number of aromatic nitrogens is 1. The Kier molecular flexibility index (Phi) is 10.1. The molecule has 1 aromatic heterocycles. The maximum atomic E-state index is 14.0. The molecule has 1 unspecified atom stereocenters. The van der Waals surface area contributed by atoms with Crippen LogP contribution in [0.25, 0.3) is 0 Å². The van der Waals surface area contributed by atoms with Crippen LogP contribution in [0, 0.1) is 5.82 Å². The molecule has 0 radical (unpaired) electrons. The number of aliphatic imine (C=N–C) groups is 1. The molecule has 176 valence electrons. The monoisotopic (exact) mass is 555 g/mol. The van der Waals surface area contributed by atoms with Gasteiger partial charge in [-0.1, -0.05) is 24.3 Å². The fraction of sp³-hybridized carbons (Fsp3) is 0.500. The predicted octanol–water partition coefficient (Wildman–Crippen LogP) is 4.49. The number of nitrogens with zero attached hydrogens (tertiary/aromatic N) is 3. The van der Waals surface area contributed by atoms with Gasteiger partial charge in [-0.05, 0) is 57.4 Å². The average Bonchev–Trinajstić information content (AvgIpc) is 3.19. The van der Waals surface area contributed by atoms with Crippen molar-refractivity contribution in [2.45, 2.75) is 58.9 Å². The van der Waals surface area contributed by atoms with E-state index in [0.717, 1.165) is 36.6 Å². The number of nitrogens with one attached hydrogen (secondary N) is 2. The van der Waals surface area contributed by atoms with Gasteiger partial charge in [0.2, 0.25) is 0 Å². The quantitative estimate of drug-likeness (QED) is 0.300. The molecule has 3 rings (SSSR count). The van der Waals surface area contributed by atoms with Gasteiger partial charge in [-0.25, -0.2) is 14.4 Å². The van der Waals surface area contributed by atoms with Crippen LogP contribution >= 0.6 is 24.0 Å². The van der Waals surface area contributed by atoms with Crippen LogP contribution in [-0.2, 0) is 17.9 Å². The van der Waals surface area contributed by atoms with Crippen molar-refractivity contribution in [3.8, 4) is 0 Å². The summed E-state index contributed by atoms with van der Waals surface area (Å²) in [6, 6.07) is 11.6. The fourth-order valence-electron chi connectivity index (χ4n) is 3.48. The maximum absolute atomic E-state index is 14.0. The topological polar surface area (TPSA) is 61.8 Å². The first-order chi connectivity index (χ1) is 14.8. The Bertz CT molecular complexity index is 887. The first-order valence-electron chi connectivity index (χ1n) is 11.0. The van der Waals surface area contributed by atoms with Gasteiger partial charge in [-0.3, -0.25) is 0 Å². The Labute approximate surface area is 208 Å². The number of halogens is 2. The first-order valence-corrected chi connectivity index (χ1v) is 11.0. The van der Waals surface area contributed by atoms with Gasteiger partial charge >= 0.3 is 0 Å². The van der Waals surface area contributed by atoms with E-state index in [1.54, 1.807) is 12.3 Å². The highest BCUT2D eigenvalue weighted by atomic mass is 127. The van der Waals surface area contributed by atoms with Crippen LogP contribution in [0.4, 0.5) is 10.2 Å². The van der Waals surface area contributed by atoms with Crippen molar-refractivity contribution in [3.63, 3.8) is 0 Å². The lowest BCUT2D eigenvalue weighted by atomic mass is 10.1. The van der Waals surface area contributed by atoms with Gasteiger partial charge in [-0.2, -0.15) is 0 Å². The van der Waals surface area contributed by atoms with Gasteiger partial charge in [0, 0.05) is 31.9 Å². The number of hydrogen-bond donors (Lipinski definition) is 2. The van der Waals surface area contributed by atoms with Crippen molar-refractivity contribution in [1.82, 2.24) is 15.6 Å². The van der Waals surface area contributed by atoms with Crippen LogP contribution in [-0.4, -0.2) is 42.2 Å². The molecule has 1 fully saturated rings. The SMILES string of the molecule is CCNC(=NCc1cccc(COC(C)(C)C)c1)NC1CCN(c2ncccc2F)C1.I. The van der Waals surface area contributed by atoms with Crippen LogP contribution in [0.5, 0.6) is 0 Å². The largest absolute Gasteiger partial charge is 0.371 e. The van der Waals surface area contributed by atoms with Gasteiger partial charge < -0.3 is 20.3 Å². The lowest BCUT2D eigenvalue weighted by Crippen LogP contribution is -2.44. The van der Waals surface area contributed by atoms with Crippen molar-refractivity contribution in [3.05, 3.63) is 59.5 Å². The molecule has 1 saturated heterocycles. The summed E-state index contributed by atoms with van der Waals surface area (Å²) in [6.45, 7) is 11.6. The summed E-state index contributed by atoms with van der Waals surface area (Å²) in [5.74, 6) is 0.911. The smallest absolute Gasteiger partial charge is 0.191 e. The molecule has 1 aromatic carbocycles. The summed E-state index contributed by atoms with van der Waals surface area (Å²) in [7, 11) is 0. The first kappa shape index (κ1) is 26.3. The van der Waals surface area contributed by atoms with Crippen molar-refractivity contribution in [2.75, 3.05) is 24.5 Å². The summed E-state index contributed by atoms with van der Waals surface area (Å²) < 4.78 is 19.9. The third-order valence-corrected chi connectivity index (χ3v) is 4.99. The number of rotatable bonds is 7. The maximum Gasteiger partial charge on any atom is 0.191 e. The van der Waals surface area contributed by atoms with Crippen LogP contribution in [0.3, 0.4) is 0 Å². The van der Waals surface area contributed by atoms with Gasteiger partial charge in [0.15, 0.2) is 17.6 Å². The molecule has 2 aromatic rings. The molecule has 1 aliphatic rings. The molecule has 0 spiro atoms. The molecule has 0 amide bonds. The Hall–Kier alpha value is -1.94. The van der Waals surface area contributed by atoms with Crippen LogP contribution in [0.2, 0.25) is 0 Å².